The highest BCUT2D eigenvalue weighted by Gasteiger charge is 2.13. The summed E-state index contributed by atoms with van der Waals surface area (Å²) in [5, 5.41) is 0.712. The highest BCUT2D eigenvalue weighted by molar-refractivity contribution is 6.30. The predicted octanol–water partition coefficient (Wildman–Crippen LogP) is 3.80. The molecule has 4 heteroatoms. The highest BCUT2D eigenvalue weighted by Crippen LogP contribution is 2.31. The third-order valence-electron chi connectivity index (χ3n) is 2.99. The summed E-state index contributed by atoms with van der Waals surface area (Å²) in [4.78, 5) is 8.54. The molecule has 0 aliphatic rings. The first kappa shape index (κ1) is 11.9. The third-order valence-corrected chi connectivity index (χ3v) is 3.22. The number of imidazole rings is 1. The molecule has 0 radical (unpaired) electrons. The number of rotatable bonds is 2. The van der Waals surface area contributed by atoms with E-state index >= 15 is 0 Å². The summed E-state index contributed by atoms with van der Waals surface area (Å²) < 4.78 is 2.01. The van der Waals surface area contributed by atoms with Crippen molar-refractivity contribution in [3.63, 3.8) is 0 Å². The quantitative estimate of drug-likeness (QED) is 0.708. The average molecular weight is 270 g/mol. The lowest BCUT2D eigenvalue weighted by Crippen LogP contribution is -1.91. The van der Waals surface area contributed by atoms with Gasteiger partial charge in [0, 0.05) is 35.6 Å². The Morgan fingerprint density at radius 3 is 2.58 bits per heavy atom. The molecule has 0 saturated heterocycles. The number of hydrogen-bond acceptors (Lipinski definition) is 2. The van der Waals surface area contributed by atoms with Crippen molar-refractivity contribution < 1.29 is 0 Å². The van der Waals surface area contributed by atoms with E-state index in [1.165, 1.54) is 0 Å². The molecule has 0 amide bonds. The van der Waals surface area contributed by atoms with Crippen LogP contribution in [0.15, 0.2) is 55.1 Å². The van der Waals surface area contributed by atoms with Crippen molar-refractivity contribution in [3.05, 3.63) is 60.1 Å². The van der Waals surface area contributed by atoms with Crippen LogP contribution < -0.4 is 0 Å². The molecule has 0 atom stereocenters. The fourth-order valence-corrected chi connectivity index (χ4v) is 2.32. The number of halogens is 1. The molecule has 0 fully saturated rings. The van der Waals surface area contributed by atoms with Crippen molar-refractivity contribution in [3.8, 4) is 22.5 Å². The predicted molar refractivity (Wildman–Crippen MR) is 76.9 cm³/mol. The smallest absolute Gasteiger partial charge is 0.0963 e. The molecule has 2 aromatic heterocycles. The topological polar surface area (TPSA) is 30.7 Å². The molecular weight excluding hydrogens is 258 g/mol. The molecule has 3 nitrogen and oxygen atoms in total. The Bertz CT molecular complexity index is 704. The molecule has 0 spiro atoms. The summed E-state index contributed by atoms with van der Waals surface area (Å²) in [6, 6.07) is 11.7. The summed E-state index contributed by atoms with van der Waals surface area (Å²) >= 11 is 6.06. The van der Waals surface area contributed by atoms with E-state index in [-0.39, 0.29) is 0 Å². The SMILES string of the molecule is Cn1cnc(-c2cccc(Cl)c2)c1-c1ccncc1. The highest BCUT2D eigenvalue weighted by atomic mass is 35.5. The van der Waals surface area contributed by atoms with Crippen LogP contribution in [0.1, 0.15) is 0 Å². The van der Waals surface area contributed by atoms with Crippen LogP contribution >= 0.6 is 11.6 Å². The van der Waals surface area contributed by atoms with Crippen LogP contribution in [-0.2, 0) is 7.05 Å². The molecule has 3 rings (SSSR count). The molecule has 0 N–H and O–H groups in total. The monoisotopic (exact) mass is 269 g/mol. The van der Waals surface area contributed by atoms with E-state index in [1.54, 1.807) is 12.4 Å². The standard InChI is InChI=1S/C15H12ClN3/c1-19-10-18-14(12-3-2-4-13(16)9-12)15(19)11-5-7-17-8-6-11/h2-10H,1H3. The minimum atomic E-state index is 0.712. The molecule has 94 valence electrons. The zero-order valence-electron chi connectivity index (χ0n) is 10.4. The molecule has 2 heterocycles. The summed E-state index contributed by atoms with van der Waals surface area (Å²) in [5.74, 6) is 0. The van der Waals surface area contributed by atoms with Gasteiger partial charge in [-0.25, -0.2) is 4.98 Å². The Morgan fingerprint density at radius 1 is 1.05 bits per heavy atom. The second kappa shape index (κ2) is 4.86. The van der Waals surface area contributed by atoms with Gasteiger partial charge in [0.05, 0.1) is 17.7 Å². The Hall–Kier alpha value is -2.13. The van der Waals surface area contributed by atoms with Crippen molar-refractivity contribution in [2.45, 2.75) is 0 Å². The van der Waals surface area contributed by atoms with E-state index in [2.05, 4.69) is 9.97 Å². The van der Waals surface area contributed by atoms with Crippen LogP contribution in [0, 0.1) is 0 Å². The van der Waals surface area contributed by atoms with Gasteiger partial charge in [-0.3, -0.25) is 4.98 Å². The van der Waals surface area contributed by atoms with Gasteiger partial charge < -0.3 is 4.57 Å². The van der Waals surface area contributed by atoms with Crippen molar-refractivity contribution in [1.29, 1.82) is 0 Å². The van der Waals surface area contributed by atoms with Gasteiger partial charge in [0.1, 0.15) is 0 Å². The fourth-order valence-electron chi connectivity index (χ4n) is 2.13. The second-order valence-corrected chi connectivity index (χ2v) is 4.74. The van der Waals surface area contributed by atoms with E-state index < -0.39 is 0 Å². The van der Waals surface area contributed by atoms with Crippen molar-refractivity contribution >= 4 is 11.6 Å². The maximum absolute atomic E-state index is 6.06. The molecule has 0 aliphatic heterocycles. The van der Waals surface area contributed by atoms with E-state index in [9.17, 15) is 0 Å². The molecule has 0 bridgehead atoms. The van der Waals surface area contributed by atoms with Crippen LogP contribution in [0.2, 0.25) is 5.02 Å². The third kappa shape index (κ3) is 2.25. The molecule has 3 aromatic rings. The summed E-state index contributed by atoms with van der Waals surface area (Å²) in [7, 11) is 1.98. The first-order valence-electron chi connectivity index (χ1n) is 5.93. The lowest BCUT2D eigenvalue weighted by molar-refractivity contribution is 0.921. The van der Waals surface area contributed by atoms with Gasteiger partial charge in [0.15, 0.2) is 0 Å². The lowest BCUT2D eigenvalue weighted by Gasteiger charge is -2.06. The lowest BCUT2D eigenvalue weighted by atomic mass is 10.1. The number of aryl methyl sites for hydroxylation is 1. The fraction of sp³-hybridized carbons (Fsp3) is 0.0667. The maximum atomic E-state index is 6.06. The van der Waals surface area contributed by atoms with Crippen molar-refractivity contribution in [2.75, 3.05) is 0 Å². The van der Waals surface area contributed by atoms with Crippen molar-refractivity contribution in [2.24, 2.45) is 7.05 Å². The van der Waals surface area contributed by atoms with Crippen LogP contribution in [0.4, 0.5) is 0 Å². The summed E-state index contributed by atoms with van der Waals surface area (Å²) in [5.41, 5.74) is 4.09. The second-order valence-electron chi connectivity index (χ2n) is 4.30. The Morgan fingerprint density at radius 2 is 1.84 bits per heavy atom. The van der Waals surface area contributed by atoms with Gasteiger partial charge >= 0.3 is 0 Å². The van der Waals surface area contributed by atoms with E-state index in [0.29, 0.717) is 5.02 Å². The van der Waals surface area contributed by atoms with Crippen LogP contribution in [-0.4, -0.2) is 14.5 Å². The van der Waals surface area contributed by atoms with Gasteiger partial charge in [0.2, 0.25) is 0 Å². The van der Waals surface area contributed by atoms with Gasteiger partial charge in [-0.05, 0) is 24.3 Å². The van der Waals surface area contributed by atoms with Crippen LogP contribution in [0.3, 0.4) is 0 Å². The Balaban J connectivity index is 2.19. The minimum Gasteiger partial charge on any atom is -0.333 e. The van der Waals surface area contributed by atoms with Crippen LogP contribution in [0.5, 0.6) is 0 Å². The summed E-state index contributed by atoms with van der Waals surface area (Å²) in [6.07, 6.45) is 5.38. The summed E-state index contributed by atoms with van der Waals surface area (Å²) in [6.45, 7) is 0. The molecule has 0 aliphatic carbocycles. The number of hydrogen-bond donors (Lipinski definition) is 0. The first-order chi connectivity index (χ1) is 9.25. The zero-order chi connectivity index (χ0) is 13.2. The molecule has 1 aromatic carbocycles. The number of aromatic nitrogens is 3. The normalized spacial score (nSPS) is 10.6. The number of pyridine rings is 1. The van der Waals surface area contributed by atoms with Crippen LogP contribution in [0.25, 0.3) is 22.5 Å². The van der Waals surface area contributed by atoms with Gasteiger partial charge in [0.25, 0.3) is 0 Å². The molecular formula is C15H12ClN3. The minimum absolute atomic E-state index is 0.712. The van der Waals surface area contributed by atoms with E-state index in [4.69, 9.17) is 11.6 Å². The zero-order valence-corrected chi connectivity index (χ0v) is 11.2. The Kier molecular flexibility index (Phi) is 3.05. The van der Waals surface area contributed by atoms with Gasteiger partial charge in [-0.2, -0.15) is 0 Å². The average Bonchev–Trinajstić information content (AvgIpc) is 2.82. The number of nitrogens with zero attached hydrogens (tertiary/aromatic N) is 3. The van der Waals surface area contributed by atoms with Gasteiger partial charge in [-0.15, -0.1) is 0 Å². The van der Waals surface area contributed by atoms with E-state index in [0.717, 1.165) is 22.5 Å². The van der Waals surface area contributed by atoms with Crippen molar-refractivity contribution in [1.82, 2.24) is 14.5 Å². The molecule has 19 heavy (non-hydrogen) atoms. The number of benzene rings is 1. The van der Waals surface area contributed by atoms with E-state index in [1.807, 2.05) is 54.3 Å². The Labute approximate surface area is 116 Å². The largest absolute Gasteiger partial charge is 0.333 e. The first-order valence-corrected chi connectivity index (χ1v) is 6.31. The maximum Gasteiger partial charge on any atom is 0.0963 e. The van der Waals surface area contributed by atoms with Gasteiger partial charge in [-0.1, -0.05) is 23.7 Å². The molecule has 0 saturated carbocycles. The molecule has 0 unspecified atom stereocenters.